The van der Waals surface area contributed by atoms with Gasteiger partial charge in [-0.3, -0.25) is 0 Å². The van der Waals surface area contributed by atoms with Gasteiger partial charge in [0.1, 0.15) is 5.82 Å². The highest BCUT2D eigenvalue weighted by atomic mass is 35.5. The van der Waals surface area contributed by atoms with Gasteiger partial charge < -0.3 is 0 Å². The Hall–Kier alpha value is -0.270. The molecular formula is C12H15Cl2F. The molecule has 0 aliphatic heterocycles. The van der Waals surface area contributed by atoms with Gasteiger partial charge >= 0.3 is 0 Å². The smallest absolute Gasteiger partial charge is 0.144 e. The van der Waals surface area contributed by atoms with Crippen LogP contribution in [0.4, 0.5) is 4.39 Å². The standard InChI is InChI=1S/C12H15Cl2F/c1-2-4-10(13)8-7-9-5-3-6-11(14)12(9)15/h3,5-6,10H,2,4,7-8H2,1H3. The first-order valence-corrected chi connectivity index (χ1v) is 6.03. The van der Waals surface area contributed by atoms with Gasteiger partial charge in [0, 0.05) is 5.38 Å². The van der Waals surface area contributed by atoms with Crippen molar-refractivity contribution >= 4 is 23.2 Å². The molecule has 0 fully saturated rings. The van der Waals surface area contributed by atoms with Crippen molar-refractivity contribution in [2.24, 2.45) is 0 Å². The quantitative estimate of drug-likeness (QED) is 0.656. The van der Waals surface area contributed by atoms with Crippen molar-refractivity contribution in [2.45, 2.75) is 38.0 Å². The van der Waals surface area contributed by atoms with Crippen LogP contribution in [0, 0.1) is 5.82 Å². The average molecular weight is 249 g/mol. The van der Waals surface area contributed by atoms with Crippen LogP contribution in [0.2, 0.25) is 5.02 Å². The fourth-order valence-electron chi connectivity index (χ4n) is 1.51. The van der Waals surface area contributed by atoms with Crippen molar-refractivity contribution in [3.05, 3.63) is 34.6 Å². The highest BCUT2D eigenvalue weighted by Gasteiger charge is 2.08. The van der Waals surface area contributed by atoms with E-state index in [0.717, 1.165) is 19.3 Å². The Morgan fingerprint density at radius 1 is 1.33 bits per heavy atom. The summed E-state index contributed by atoms with van der Waals surface area (Å²) >= 11 is 11.7. The SMILES string of the molecule is CCCC(Cl)CCc1cccc(Cl)c1F. The predicted octanol–water partition coefficient (Wildman–Crippen LogP) is 4.82. The van der Waals surface area contributed by atoms with E-state index < -0.39 is 0 Å². The molecule has 0 bridgehead atoms. The molecule has 1 aromatic carbocycles. The van der Waals surface area contributed by atoms with Crippen LogP contribution in [-0.2, 0) is 6.42 Å². The van der Waals surface area contributed by atoms with Crippen molar-refractivity contribution in [2.75, 3.05) is 0 Å². The molecule has 0 radical (unpaired) electrons. The molecule has 15 heavy (non-hydrogen) atoms. The lowest BCUT2D eigenvalue weighted by Crippen LogP contribution is -2.01. The van der Waals surface area contributed by atoms with Crippen LogP contribution in [0.1, 0.15) is 31.7 Å². The monoisotopic (exact) mass is 248 g/mol. The van der Waals surface area contributed by atoms with Crippen LogP contribution in [-0.4, -0.2) is 5.38 Å². The molecule has 84 valence electrons. The van der Waals surface area contributed by atoms with Crippen molar-refractivity contribution in [1.29, 1.82) is 0 Å². The Morgan fingerprint density at radius 2 is 2.07 bits per heavy atom. The summed E-state index contributed by atoms with van der Waals surface area (Å²) in [6.07, 6.45) is 3.49. The van der Waals surface area contributed by atoms with E-state index in [1.54, 1.807) is 18.2 Å². The highest BCUT2D eigenvalue weighted by Crippen LogP contribution is 2.21. The van der Waals surface area contributed by atoms with Crippen molar-refractivity contribution in [3.63, 3.8) is 0 Å². The van der Waals surface area contributed by atoms with Gasteiger partial charge in [-0.2, -0.15) is 0 Å². The highest BCUT2D eigenvalue weighted by molar-refractivity contribution is 6.30. The molecule has 0 aromatic heterocycles. The topological polar surface area (TPSA) is 0 Å². The first kappa shape index (κ1) is 12.8. The summed E-state index contributed by atoms with van der Waals surface area (Å²) in [6, 6.07) is 5.09. The van der Waals surface area contributed by atoms with Crippen LogP contribution in [0.5, 0.6) is 0 Å². The largest absolute Gasteiger partial charge is 0.205 e. The molecule has 0 amide bonds. The molecule has 0 aliphatic rings. The maximum absolute atomic E-state index is 13.5. The third kappa shape index (κ3) is 4.00. The third-order valence-electron chi connectivity index (χ3n) is 2.36. The first-order chi connectivity index (χ1) is 7.15. The van der Waals surface area contributed by atoms with Crippen molar-refractivity contribution < 1.29 is 4.39 Å². The first-order valence-electron chi connectivity index (χ1n) is 5.22. The Morgan fingerprint density at radius 3 is 2.73 bits per heavy atom. The number of alkyl halides is 1. The van der Waals surface area contributed by atoms with E-state index in [2.05, 4.69) is 6.92 Å². The Kier molecular flexibility index (Phi) is 5.41. The Bertz CT molecular complexity index is 312. The van der Waals surface area contributed by atoms with Gasteiger partial charge in [-0.25, -0.2) is 4.39 Å². The van der Waals surface area contributed by atoms with E-state index in [-0.39, 0.29) is 16.2 Å². The van der Waals surface area contributed by atoms with Gasteiger partial charge in [-0.1, -0.05) is 37.1 Å². The second kappa shape index (κ2) is 6.34. The van der Waals surface area contributed by atoms with Gasteiger partial charge in [0.25, 0.3) is 0 Å². The van der Waals surface area contributed by atoms with E-state index in [1.165, 1.54) is 0 Å². The van der Waals surface area contributed by atoms with Gasteiger partial charge in [-0.05, 0) is 30.9 Å². The van der Waals surface area contributed by atoms with Crippen LogP contribution in [0.15, 0.2) is 18.2 Å². The maximum Gasteiger partial charge on any atom is 0.144 e. The van der Waals surface area contributed by atoms with Gasteiger partial charge in [-0.15, -0.1) is 11.6 Å². The number of halogens is 3. The van der Waals surface area contributed by atoms with E-state index in [4.69, 9.17) is 23.2 Å². The average Bonchev–Trinajstić information content (AvgIpc) is 2.21. The lowest BCUT2D eigenvalue weighted by atomic mass is 10.1. The second-order valence-electron chi connectivity index (χ2n) is 3.64. The minimum atomic E-state index is -0.306. The second-order valence-corrected chi connectivity index (χ2v) is 4.66. The number of rotatable bonds is 5. The molecule has 1 unspecified atom stereocenters. The number of aryl methyl sites for hydroxylation is 1. The van der Waals surface area contributed by atoms with E-state index in [0.29, 0.717) is 12.0 Å². The fourth-order valence-corrected chi connectivity index (χ4v) is 2.03. The molecule has 0 aliphatic carbocycles. The summed E-state index contributed by atoms with van der Waals surface area (Å²) in [4.78, 5) is 0. The van der Waals surface area contributed by atoms with Crippen LogP contribution in [0.25, 0.3) is 0 Å². The molecule has 0 nitrogen and oxygen atoms in total. The van der Waals surface area contributed by atoms with Crippen molar-refractivity contribution in [3.8, 4) is 0 Å². The lowest BCUT2D eigenvalue weighted by molar-refractivity contribution is 0.596. The summed E-state index contributed by atoms with van der Waals surface area (Å²) < 4.78 is 13.5. The summed E-state index contributed by atoms with van der Waals surface area (Å²) in [5, 5.41) is 0.322. The van der Waals surface area contributed by atoms with Gasteiger partial charge in [0.2, 0.25) is 0 Å². The molecule has 0 saturated carbocycles. The molecule has 0 spiro atoms. The van der Waals surface area contributed by atoms with Crippen LogP contribution < -0.4 is 0 Å². The van der Waals surface area contributed by atoms with Gasteiger partial charge in [0.15, 0.2) is 0 Å². The molecule has 3 heteroatoms. The van der Waals surface area contributed by atoms with E-state index in [1.807, 2.05) is 0 Å². The minimum absolute atomic E-state index is 0.133. The zero-order valence-electron chi connectivity index (χ0n) is 8.77. The van der Waals surface area contributed by atoms with Gasteiger partial charge in [0.05, 0.1) is 5.02 Å². The summed E-state index contributed by atoms with van der Waals surface area (Å²) in [5.74, 6) is -0.306. The molecule has 1 aromatic rings. The maximum atomic E-state index is 13.5. The lowest BCUT2D eigenvalue weighted by Gasteiger charge is -2.08. The molecular weight excluding hydrogens is 234 g/mol. The summed E-state index contributed by atoms with van der Waals surface area (Å²) in [5.41, 5.74) is 0.657. The molecule has 0 N–H and O–H groups in total. The number of hydrogen-bond acceptors (Lipinski definition) is 0. The summed E-state index contributed by atoms with van der Waals surface area (Å²) in [7, 11) is 0. The Balaban J connectivity index is 2.54. The number of benzene rings is 1. The zero-order chi connectivity index (χ0) is 11.3. The Labute approximate surface area is 100 Å². The normalized spacial score (nSPS) is 12.8. The van der Waals surface area contributed by atoms with E-state index >= 15 is 0 Å². The van der Waals surface area contributed by atoms with Crippen molar-refractivity contribution in [1.82, 2.24) is 0 Å². The zero-order valence-corrected chi connectivity index (χ0v) is 10.3. The molecule has 0 saturated heterocycles. The molecule has 1 rings (SSSR count). The van der Waals surface area contributed by atoms with E-state index in [9.17, 15) is 4.39 Å². The fraction of sp³-hybridized carbons (Fsp3) is 0.500. The summed E-state index contributed by atoms with van der Waals surface area (Å²) in [6.45, 7) is 2.09. The predicted molar refractivity (Wildman–Crippen MR) is 64.3 cm³/mol. The molecule has 0 heterocycles. The minimum Gasteiger partial charge on any atom is -0.205 e. The molecule has 1 atom stereocenters. The van der Waals surface area contributed by atoms with Crippen LogP contribution >= 0.6 is 23.2 Å². The third-order valence-corrected chi connectivity index (χ3v) is 3.09. The number of hydrogen-bond donors (Lipinski definition) is 0. The van der Waals surface area contributed by atoms with Crippen LogP contribution in [0.3, 0.4) is 0 Å².